The highest BCUT2D eigenvalue weighted by atomic mass is 32.2. The normalized spacial score (nSPS) is 10.5. The van der Waals surface area contributed by atoms with Gasteiger partial charge in [0.15, 0.2) is 11.0 Å². The molecule has 0 aliphatic carbocycles. The number of para-hydroxylation sites is 1. The molecule has 0 aliphatic heterocycles. The highest BCUT2D eigenvalue weighted by Crippen LogP contribution is 2.29. The molecule has 27 heavy (non-hydrogen) atoms. The van der Waals surface area contributed by atoms with Gasteiger partial charge in [0.1, 0.15) is 0 Å². The third kappa shape index (κ3) is 3.59. The van der Waals surface area contributed by atoms with Gasteiger partial charge in [-0.15, -0.1) is 10.2 Å². The molecule has 0 saturated carbocycles. The van der Waals surface area contributed by atoms with Crippen molar-refractivity contribution in [1.82, 2.24) is 19.7 Å². The molecule has 0 saturated heterocycles. The Morgan fingerprint density at radius 3 is 2.52 bits per heavy atom. The molecule has 0 bridgehead atoms. The number of nitrogens with zero attached hydrogens (tertiary/aromatic N) is 5. The molecule has 0 spiro atoms. The molecule has 0 aliphatic rings. The predicted molar refractivity (Wildman–Crippen MR) is 105 cm³/mol. The number of rotatable bonds is 5. The first-order valence-electron chi connectivity index (χ1n) is 8.39. The SMILES string of the molecule is N#Cc1ccccc1CSc1nnc(-c2cccnc2)n1-c1ccccc1. The number of pyridine rings is 1. The van der Waals surface area contributed by atoms with E-state index in [9.17, 15) is 5.26 Å². The number of benzene rings is 2. The van der Waals surface area contributed by atoms with Crippen molar-refractivity contribution in [1.29, 1.82) is 5.26 Å². The molecular formula is C21H15N5S. The minimum Gasteiger partial charge on any atom is -0.270 e. The Morgan fingerprint density at radius 1 is 0.926 bits per heavy atom. The molecule has 0 atom stereocenters. The van der Waals surface area contributed by atoms with Gasteiger partial charge in [0, 0.05) is 29.4 Å². The van der Waals surface area contributed by atoms with Gasteiger partial charge in [-0.2, -0.15) is 5.26 Å². The van der Waals surface area contributed by atoms with E-state index in [1.54, 1.807) is 24.2 Å². The van der Waals surface area contributed by atoms with E-state index in [1.165, 1.54) is 0 Å². The van der Waals surface area contributed by atoms with Crippen LogP contribution in [-0.4, -0.2) is 19.7 Å². The molecule has 0 N–H and O–H groups in total. The van der Waals surface area contributed by atoms with Crippen LogP contribution in [0.15, 0.2) is 84.3 Å². The van der Waals surface area contributed by atoms with Gasteiger partial charge in [-0.3, -0.25) is 9.55 Å². The molecule has 2 aromatic heterocycles. The van der Waals surface area contributed by atoms with Crippen molar-refractivity contribution >= 4 is 11.8 Å². The molecule has 6 heteroatoms. The van der Waals surface area contributed by atoms with Crippen molar-refractivity contribution in [2.75, 3.05) is 0 Å². The topological polar surface area (TPSA) is 67.4 Å². The van der Waals surface area contributed by atoms with Gasteiger partial charge in [-0.1, -0.05) is 48.2 Å². The van der Waals surface area contributed by atoms with Crippen LogP contribution in [0, 0.1) is 11.3 Å². The maximum absolute atomic E-state index is 9.30. The summed E-state index contributed by atoms with van der Waals surface area (Å²) in [4.78, 5) is 4.20. The highest BCUT2D eigenvalue weighted by Gasteiger charge is 2.16. The van der Waals surface area contributed by atoms with Crippen molar-refractivity contribution in [2.24, 2.45) is 0 Å². The predicted octanol–water partition coefficient (Wildman–Crippen LogP) is 4.49. The summed E-state index contributed by atoms with van der Waals surface area (Å²) < 4.78 is 2.02. The van der Waals surface area contributed by atoms with Crippen LogP contribution in [0.2, 0.25) is 0 Å². The molecule has 4 aromatic rings. The molecule has 2 aromatic carbocycles. The largest absolute Gasteiger partial charge is 0.270 e. The van der Waals surface area contributed by atoms with E-state index in [1.807, 2.05) is 71.3 Å². The summed E-state index contributed by atoms with van der Waals surface area (Å²) in [6.07, 6.45) is 3.52. The highest BCUT2D eigenvalue weighted by molar-refractivity contribution is 7.98. The van der Waals surface area contributed by atoms with Crippen molar-refractivity contribution < 1.29 is 0 Å². The first kappa shape index (κ1) is 17.0. The van der Waals surface area contributed by atoms with E-state index < -0.39 is 0 Å². The molecule has 2 heterocycles. The van der Waals surface area contributed by atoms with Crippen molar-refractivity contribution in [3.8, 4) is 23.1 Å². The van der Waals surface area contributed by atoms with Crippen LogP contribution in [0.1, 0.15) is 11.1 Å². The molecule has 130 valence electrons. The zero-order valence-corrected chi connectivity index (χ0v) is 15.2. The van der Waals surface area contributed by atoms with Crippen LogP contribution in [0.5, 0.6) is 0 Å². The number of hydrogen-bond donors (Lipinski definition) is 0. The maximum Gasteiger partial charge on any atom is 0.196 e. The van der Waals surface area contributed by atoms with Gasteiger partial charge < -0.3 is 0 Å². The Morgan fingerprint density at radius 2 is 1.74 bits per heavy atom. The lowest BCUT2D eigenvalue weighted by Gasteiger charge is -2.10. The smallest absolute Gasteiger partial charge is 0.196 e. The average molecular weight is 369 g/mol. The Balaban J connectivity index is 1.73. The zero-order valence-electron chi connectivity index (χ0n) is 14.4. The second-order valence-electron chi connectivity index (χ2n) is 5.78. The third-order valence-corrected chi connectivity index (χ3v) is 5.04. The second-order valence-corrected chi connectivity index (χ2v) is 6.72. The van der Waals surface area contributed by atoms with Crippen LogP contribution >= 0.6 is 11.8 Å². The summed E-state index contributed by atoms with van der Waals surface area (Å²) in [5.74, 6) is 1.38. The average Bonchev–Trinajstić information content (AvgIpc) is 3.17. The minimum absolute atomic E-state index is 0.641. The molecule has 0 fully saturated rings. The van der Waals surface area contributed by atoms with Gasteiger partial charge in [0.25, 0.3) is 0 Å². The Labute approximate surface area is 161 Å². The lowest BCUT2D eigenvalue weighted by molar-refractivity contribution is 0.885. The van der Waals surface area contributed by atoms with Gasteiger partial charge in [-0.25, -0.2) is 0 Å². The molecule has 0 unspecified atom stereocenters. The second kappa shape index (κ2) is 7.85. The monoisotopic (exact) mass is 369 g/mol. The number of hydrogen-bond acceptors (Lipinski definition) is 5. The molecule has 4 rings (SSSR count). The van der Waals surface area contributed by atoms with Crippen LogP contribution in [0.25, 0.3) is 17.1 Å². The fraction of sp³-hybridized carbons (Fsp3) is 0.0476. The lowest BCUT2D eigenvalue weighted by atomic mass is 10.1. The molecule has 0 amide bonds. The Kier molecular flexibility index (Phi) is 4.95. The Hall–Kier alpha value is -3.43. The van der Waals surface area contributed by atoms with Crippen molar-refractivity contribution in [3.05, 3.63) is 90.3 Å². The van der Waals surface area contributed by atoms with E-state index in [0.717, 1.165) is 27.8 Å². The van der Waals surface area contributed by atoms with E-state index in [4.69, 9.17) is 0 Å². The van der Waals surface area contributed by atoms with E-state index in [2.05, 4.69) is 21.3 Å². The first-order chi connectivity index (χ1) is 13.4. The summed E-state index contributed by atoms with van der Waals surface area (Å²) >= 11 is 1.56. The van der Waals surface area contributed by atoms with Crippen molar-refractivity contribution in [3.63, 3.8) is 0 Å². The van der Waals surface area contributed by atoms with Crippen LogP contribution in [0.4, 0.5) is 0 Å². The fourth-order valence-electron chi connectivity index (χ4n) is 2.75. The quantitative estimate of drug-likeness (QED) is 0.485. The van der Waals surface area contributed by atoms with E-state index in [0.29, 0.717) is 11.3 Å². The minimum atomic E-state index is 0.641. The number of thioether (sulfide) groups is 1. The fourth-order valence-corrected chi connectivity index (χ4v) is 3.71. The number of nitriles is 1. The summed E-state index contributed by atoms with van der Waals surface area (Å²) in [6, 6.07) is 23.7. The standard InChI is InChI=1S/C21H15N5S/c22-13-16-7-4-5-8-18(16)15-27-21-25-24-20(17-9-6-12-23-14-17)26(21)19-10-2-1-3-11-19/h1-12,14H,15H2. The zero-order chi connectivity index (χ0) is 18.5. The third-order valence-electron chi connectivity index (χ3n) is 4.06. The first-order valence-corrected chi connectivity index (χ1v) is 9.37. The lowest BCUT2D eigenvalue weighted by Crippen LogP contribution is -2.00. The van der Waals surface area contributed by atoms with Gasteiger partial charge in [0.2, 0.25) is 0 Å². The molecular weight excluding hydrogens is 354 g/mol. The summed E-state index contributed by atoms with van der Waals surface area (Å²) in [5.41, 5.74) is 3.55. The molecule has 0 radical (unpaired) electrons. The molecule has 5 nitrogen and oxygen atoms in total. The van der Waals surface area contributed by atoms with Crippen LogP contribution < -0.4 is 0 Å². The van der Waals surface area contributed by atoms with Gasteiger partial charge >= 0.3 is 0 Å². The summed E-state index contributed by atoms with van der Waals surface area (Å²) in [7, 11) is 0. The van der Waals surface area contributed by atoms with E-state index in [-0.39, 0.29) is 0 Å². The van der Waals surface area contributed by atoms with E-state index >= 15 is 0 Å². The van der Waals surface area contributed by atoms with Crippen molar-refractivity contribution in [2.45, 2.75) is 10.9 Å². The Bertz CT molecular complexity index is 1080. The van der Waals surface area contributed by atoms with Crippen LogP contribution in [-0.2, 0) is 5.75 Å². The van der Waals surface area contributed by atoms with Gasteiger partial charge in [0.05, 0.1) is 11.6 Å². The van der Waals surface area contributed by atoms with Crippen LogP contribution in [0.3, 0.4) is 0 Å². The summed E-state index contributed by atoms with van der Waals surface area (Å²) in [5, 5.41) is 18.9. The maximum atomic E-state index is 9.30. The van der Waals surface area contributed by atoms with Gasteiger partial charge in [-0.05, 0) is 35.9 Å². The number of aromatic nitrogens is 4. The summed E-state index contributed by atoms with van der Waals surface area (Å²) in [6.45, 7) is 0.